The van der Waals surface area contributed by atoms with Gasteiger partial charge in [-0.2, -0.15) is 0 Å². The second kappa shape index (κ2) is 7.36. The summed E-state index contributed by atoms with van der Waals surface area (Å²) in [4.78, 5) is 11.0. The van der Waals surface area contributed by atoms with Gasteiger partial charge in [0.05, 0.1) is 6.61 Å². The van der Waals surface area contributed by atoms with Crippen molar-refractivity contribution in [3.63, 3.8) is 0 Å². The molecule has 1 amide bonds. The molecule has 74 valence electrons. The van der Waals surface area contributed by atoms with Crippen molar-refractivity contribution < 1.29 is 9.53 Å². The minimum Gasteiger partial charge on any atom is -0.449 e. The first-order valence-corrected chi connectivity index (χ1v) is 4.14. The molecule has 13 heavy (non-hydrogen) atoms. The highest BCUT2D eigenvalue weighted by Gasteiger charge is 2.05. The minimum atomic E-state index is -0.453. The average Bonchev–Trinajstić information content (AvgIpc) is 2.05. The molecule has 0 fully saturated rings. The van der Waals surface area contributed by atoms with E-state index in [0.29, 0.717) is 19.7 Å². The summed E-state index contributed by atoms with van der Waals surface area (Å²) in [5, 5.41) is 1.65. The monoisotopic (exact) mass is 184 g/mol. The topological polar surface area (TPSA) is 41.6 Å². The molecule has 0 aliphatic carbocycles. The third kappa shape index (κ3) is 5.93. The van der Waals surface area contributed by atoms with Crippen LogP contribution >= 0.6 is 0 Å². The summed E-state index contributed by atoms with van der Waals surface area (Å²) in [6.45, 7) is 10.4. The maximum absolute atomic E-state index is 11.0. The minimum absolute atomic E-state index is 0.363. The van der Waals surface area contributed by atoms with Gasteiger partial charge in [-0.05, 0) is 6.92 Å². The Morgan fingerprint density at radius 1 is 1.46 bits per heavy atom. The van der Waals surface area contributed by atoms with Crippen molar-refractivity contribution >= 4 is 6.09 Å². The Morgan fingerprint density at radius 3 is 2.38 bits per heavy atom. The van der Waals surface area contributed by atoms with Crippen LogP contribution in [0.5, 0.6) is 0 Å². The molecule has 0 radical (unpaired) electrons. The van der Waals surface area contributed by atoms with Crippen LogP contribution in [0.3, 0.4) is 0 Å². The molecule has 4 nitrogen and oxygen atoms in total. The van der Waals surface area contributed by atoms with Gasteiger partial charge in [0.1, 0.15) is 0 Å². The lowest BCUT2D eigenvalue weighted by molar-refractivity contribution is 0.118. The Labute approximate surface area is 78.8 Å². The predicted octanol–water partition coefficient (Wildman–Crippen LogP) is 1.32. The zero-order valence-corrected chi connectivity index (χ0v) is 7.95. The molecule has 0 spiro atoms. The number of nitrogens with one attached hydrogen (secondary N) is 1. The van der Waals surface area contributed by atoms with Gasteiger partial charge >= 0.3 is 6.09 Å². The van der Waals surface area contributed by atoms with E-state index < -0.39 is 6.09 Å². The van der Waals surface area contributed by atoms with Gasteiger partial charge in [-0.3, -0.25) is 5.43 Å². The van der Waals surface area contributed by atoms with Crippen LogP contribution in [-0.4, -0.2) is 30.8 Å². The number of hydrogen-bond acceptors (Lipinski definition) is 3. The van der Waals surface area contributed by atoms with Crippen LogP contribution in [0.25, 0.3) is 0 Å². The molecule has 0 bridgehead atoms. The number of hydrogen-bond donors (Lipinski definition) is 1. The fourth-order valence-corrected chi connectivity index (χ4v) is 0.770. The summed E-state index contributed by atoms with van der Waals surface area (Å²) in [6, 6.07) is 0. The van der Waals surface area contributed by atoms with Crippen LogP contribution in [-0.2, 0) is 4.74 Å². The Balaban J connectivity index is 3.84. The van der Waals surface area contributed by atoms with Gasteiger partial charge < -0.3 is 4.74 Å². The second-order valence-electron chi connectivity index (χ2n) is 2.31. The molecule has 0 rings (SSSR count). The summed E-state index contributed by atoms with van der Waals surface area (Å²) in [5.74, 6) is 0. The van der Waals surface area contributed by atoms with Crippen molar-refractivity contribution in [2.75, 3.05) is 19.7 Å². The molecule has 0 aliphatic heterocycles. The quantitative estimate of drug-likeness (QED) is 0.500. The third-order valence-electron chi connectivity index (χ3n) is 1.22. The lowest BCUT2D eigenvalue weighted by Gasteiger charge is -2.18. The maximum Gasteiger partial charge on any atom is 0.421 e. The smallest absolute Gasteiger partial charge is 0.421 e. The highest BCUT2D eigenvalue weighted by molar-refractivity contribution is 5.66. The van der Waals surface area contributed by atoms with Crippen molar-refractivity contribution in [3.05, 3.63) is 25.3 Å². The fourth-order valence-electron chi connectivity index (χ4n) is 0.770. The van der Waals surface area contributed by atoms with Crippen molar-refractivity contribution in [1.29, 1.82) is 0 Å². The normalized spacial score (nSPS) is 9.38. The number of hydrazine groups is 1. The summed E-state index contributed by atoms with van der Waals surface area (Å²) in [5.41, 5.74) is 2.55. The van der Waals surface area contributed by atoms with Crippen LogP contribution in [0.4, 0.5) is 4.79 Å². The number of carbonyl (C=O) groups is 1. The van der Waals surface area contributed by atoms with E-state index in [1.54, 1.807) is 24.1 Å². The first-order chi connectivity index (χ1) is 6.24. The highest BCUT2D eigenvalue weighted by atomic mass is 16.6. The first kappa shape index (κ1) is 11.7. The molecular formula is C9H16N2O2. The maximum atomic E-state index is 11.0. The molecule has 0 aromatic rings. The van der Waals surface area contributed by atoms with Crippen molar-refractivity contribution in [1.82, 2.24) is 10.4 Å². The van der Waals surface area contributed by atoms with E-state index in [-0.39, 0.29) is 0 Å². The van der Waals surface area contributed by atoms with Gasteiger partial charge in [-0.25, -0.2) is 9.80 Å². The van der Waals surface area contributed by atoms with Gasteiger partial charge in [0.15, 0.2) is 0 Å². The molecule has 0 atom stereocenters. The van der Waals surface area contributed by atoms with E-state index in [1.807, 2.05) is 0 Å². The van der Waals surface area contributed by atoms with E-state index in [4.69, 9.17) is 4.74 Å². The summed E-state index contributed by atoms with van der Waals surface area (Å²) in [6.07, 6.45) is 2.93. The summed E-state index contributed by atoms with van der Waals surface area (Å²) < 4.78 is 4.70. The number of amides is 1. The summed E-state index contributed by atoms with van der Waals surface area (Å²) in [7, 11) is 0. The standard InChI is InChI=1S/C9H16N2O2/c1-4-7-11(8-5-2)10-9(12)13-6-3/h4-5H,1-2,6-8H2,3H3,(H,10,12). The van der Waals surface area contributed by atoms with Crippen molar-refractivity contribution in [2.45, 2.75) is 6.92 Å². The van der Waals surface area contributed by atoms with Crippen LogP contribution in [0.1, 0.15) is 6.92 Å². The van der Waals surface area contributed by atoms with E-state index in [0.717, 1.165) is 0 Å². The third-order valence-corrected chi connectivity index (χ3v) is 1.22. The lowest BCUT2D eigenvalue weighted by atomic mass is 10.5. The van der Waals surface area contributed by atoms with Gasteiger partial charge in [-0.15, -0.1) is 13.2 Å². The molecule has 1 N–H and O–H groups in total. The van der Waals surface area contributed by atoms with Crippen LogP contribution in [0, 0.1) is 0 Å². The highest BCUT2D eigenvalue weighted by Crippen LogP contribution is 1.85. The number of ether oxygens (including phenoxy) is 1. The van der Waals surface area contributed by atoms with Gasteiger partial charge in [0.2, 0.25) is 0 Å². The van der Waals surface area contributed by atoms with E-state index in [9.17, 15) is 4.79 Å². The molecule has 0 aliphatic rings. The van der Waals surface area contributed by atoms with Gasteiger partial charge in [0.25, 0.3) is 0 Å². The SMILES string of the molecule is C=CCN(CC=C)NC(=O)OCC. The van der Waals surface area contributed by atoms with Crippen molar-refractivity contribution in [2.24, 2.45) is 0 Å². The zero-order chi connectivity index (χ0) is 10.1. The molecule has 0 saturated carbocycles. The second-order valence-corrected chi connectivity index (χ2v) is 2.31. The van der Waals surface area contributed by atoms with Crippen LogP contribution in [0.2, 0.25) is 0 Å². The molecule has 0 aromatic carbocycles. The van der Waals surface area contributed by atoms with Gasteiger partial charge in [0, 0.05) is 13.1 Å². The molecule has 0 saturated heterocycles. The number of carbonyl (C=O) groups excluding carboxylic acids is 1. The zero-order valence-electron chi connectivity index (χ0n) is 7.95. The van der Waals surface area contributed by atoms with Gasteiger partial charge in [-0.1, -0.05) is 12.2 Å². The Bertz CT molecular complexity index is 170. The molecule has 0 unspecified atom stereocenters. The largest absolute Gasteiger partial charge is 0.449 e. The number of rotatable bonds is 6. The average molecular weight is 184 g/mol. The van der Waals surface area contributed by atoms with E-state index in [1.165, 1.54) is 0 Å². The summed E-state index contributed by atoms with van der Waals surface area (Å²) >= 11 is 0. The Kier molecular flexibility index (Phi) is 6.63. The molecule has 0 aromatic heterocycles. The number of nitrogens with zero attached hydrogens (tertiary/aromatic N) is 1. The van der Waals surface area contributed by atoms with Crippen LogP contribution in [0.15, 0.2) is 25.3 Å². The molecule has 0 heterocycles. The lowest BCUT2D eigenvalue weighted by Crippen LogP contribution is -2.42. The van der Waals surface area contributed by atoms with Crippen molar-refractivity contribution in [3.8, 4) is 0 Å². The van der Waals surface area contributed by atoms with E-state index >= 15 is 0 Å². The predicted molar refractivity (Wildman–Crippen MR) is 52.1 cm³/mol. The molecular weight excluding hydrogens is 168 g/mol. The fraction of sp³-hybridized carbons (Fsp3) is 0.444. The Hall–Kier alpha value is -1.29. The van der Waals surface area contributed by atoms with E-state index in [2.05, 4.69) is 18.6 Å². The first-order valence-electron chi connectivity index (χ1n) is 4.14. The molecule has 4 heteroatoms. The van der Waals surface area contributed by atoms with Crippen LogP contribution < -0.4 is 5.43 Å². The Morgan fingerprint density at radius 2 is 2.00 bits per heavy atom.